The number of carbonyl (C=O) groups is 1. The molecule has 0 radical (unpaired) electrons. The summed E-state index contributed by atoms with van der Waals surface area (Å²) in [5.74, 6) is 0.940. The first kappa shape index (κ1) is 12.6. The van der Waals surface area contributed by atoms with Gasteiger partial charge in [0.25, 0.3) is 0 Å². The molecule has 1 aliphatic heterocycles. The minimum atomic E-state index is -0.266. The lowest BCUT2D eigenvalue weighted by Crippen LogP contribution is -2.34. The average molecular weight is 262 g/mol. The van der Waals surface area contributed by atoms with Crippen molar-refractivity contribution in [3.05, 3.63) is 35.6 Å². The van der Waals surface area contributed by atoms with Crippen LogP contribution in [0.15, 0.2) is 24.3 Å². The largest absolute Gasteiger partial charge is 0.342 e. The van der Waals surface area contributed by atoms with E-state index in [0.29, 0.717) is 18.3 Å². The van der Waals surface area contributed by atoms with Crippen molar-refractivity contribution < 1.29 is 9.18 Å². The Bertz CT molecular complexity index is 474. The molecule has 1 aromatic rings. The van der Waals surface area contributed by atoms with Crippen LogP contribution in [-0.4, -0.2) is 29.9 Å². The Balaban J connectivity index is 1.61. The van der Waals surface area contributed by atoms with Crippen molar-refractivity contribution >= 4 is 5.91 Å². The number of fused-ring (bicyclic) bond motifs is 1. The number of likely N-dealkylation sites (tertiary alicyclic amines) is 1. The Morgan fingerprint density at radius 2 is 2.00 bits per heavy atom. The SMILES string of the molecule is NC1CCC2CN(C(=O)Cc3ccc(F)cc3)CC12. The number of hydrogen-bond donors (Lipinski definition) is 1. The van der Waals surface area contributed by atoms with E-state index in [1.54, 1.807) is 12.1 Å². The molecule has 19 heavy (non-hydrogen) atoms. The highest BCUT2D eigenvalue weighted by molar-refractivity contribution is 5.79. The summed E-state index contributed by atoms with van der Waals surface area (Å²) in [5.41, 5.74) is 6.94. The zero-order valence-electron chi connectivity index (χ0n) is 10.9. The first-order valence-electron chi connectivity index (χ1n) is 6.91. The van der Waals surface area contributed by atoms with Crippen LogP contribution in [0.1, 0.15) is 18.4 Å². The summed E-state index contributed by atoms with van der Waals surface area (Å²) in [6, 6.07) is 6.41. The molecule has 3 rings (SSSR count). The fourth-order valence-electron chi connectivity index (χ4n) is 3.40. The zero-order valence-corrected chi connectivity index (χ0v) is 10.9. The highest BCUT2D eigenvalue weighted by Gasteiger charge is 2.42. The molecule has 0 spiro atoms. The lowest BCUT2D eigenvalue weighted by molar-refractivity contribution is -0.129. The first-order valence-corrected chi connectivity index (χ1v) is 6.91. The maximum Gasteiger partial charge on any atom is 0.227 e. The molecule has 1 heterocycles. The number of hydrogen-bond acceptors (Lipinski definition) is 2. The van der Waals surface area contributed by atoms with Crippen LogP contribution in [0.2, 0.25) is 0 Å². The molecule has 0 bridgehead atoms. The van der Waals surface area contributed by atoms with E-state index in [1.165, 1.54) is 12.1 Å². The van der Waals surface area contributed by atoms with Gasteiger partial charge in [0, 0.05) is 19.1 Å². The van der Waals surface area contributed by atoms with Crippen molar-refractivity contribution in [3.8, 4) is 0 Å². The lowest BCUT2D eigenvalue weighted by atomic mass is 9.98. The standard InChI is InChI=1S/C15H19FN2O/c16-12-4-1-10(2-5-12)7-15(19)18-8-11-3-6-14(17)13(11)9-18/h1-2,4-5,11,13-14H,3,6-9,17H2. The molecule has 1 saturated heterocycles. The maximum absolute atomic E-state index is 12.8. The van der Waals surface area contributed by atoms with E-state index in [0.717, 1.165) is 31.5 Å². The van der Waals surface area contributed by atoms with Gasteiger partial charge in [-0.1, -0.05) is 12.1 Å². The highest BCUT2D eigenvalue weighted by Crippen LogP contribution is 2.37. The first-order chi connectivity index (χ1) is 9.13. The Morgan fingerprint density at radius 3 is 2.68 bits per heavy atom. The summed E-state index contributed by atoms with van der Waals surface area (Å²) in [4.78, 5) is 14.2. The van der Waals surface area contributed by atoms with Gasteiger partial charge in [-0.15, -0.1) is 0 Å². The van der Waals surface area contributed by atoms with Crippen molar-refractivity contribution in [2.75, 3.05) is 13.1 Å². The van der Waals surface area contributed by atoms with Crippen LogP contribution >= 0.6 is 0 Å². The molecule has 1 amide bonds. The second-order valence-corrected chi connectivity index (χ2v) is 5.77. The third-order valence-electron chi connectivity index (χ3n) is 4.53. The summed E-state index contributed by atoms with van der Waals surface area (Å²) in [5, 5.41) is 0. The molecule has 4 heteroatoms. The Kier molecular flexibility index (Phi) is 3.27. The quantitative estimate of drug-likeness (QED) is 0.879. The summed E-state index contributed by atoms with van der Waals surface area (Å²) in [7, 11) is 0. The third kappa shape index (κ3) is 2.50. The summed E-state index contributed by atoms with van der Waals surface area (Å²) in [6.07, 6.45) is 2.59. The fraction of sp³-hybridized carbons (Fsp3) is 0.533. The molecule has 1 aliphatic carbocycles. The number of nitrogens with two attached hydrogens (primary N) is 1. The molecule has 3 unspecified atom stereocenters. The van der Waals surface area contributed by atoms with Crippen LogP contribution in [0.4, 0.5) is 4.39 Å². The summed E-state index contributed by atoms with van der Waals surface area (Å²) >= 11 is 0. The third-order valence-corrected chi connectivity index (χ3v) is 4.53. The lowest BCUT2D eigenvalue weighted by Gasteiger charge is -2.18. The topological polar surface area (TPSA) is 46.3 Å². The van der Waals surface area contributed by atoms with Gasteiger partial charge in [-0.25, -0.2) is 4.39 Å². The van der Waals surface area contributed by atoms with Crippen LogP contribution in [0, 0.1) is 17.7 Å². The smallest absolute Gasteiger partial charge is 0.227 e. The highest BCUT2D eigenvalue weighted by atomic mass is 19.1. The van der Waals surface area contributed by atoms with Crippen molar-refractivity contribution in [2.45, 2.75) is 25.3 Å². The second kappa shape index (κ2) is 4.93. The summed E-state index contributed by atoms with van der Waals surface area (Å²) < 4.78 is 12.8. The molecule has 1 aromatic carbocycles. The molecule has 1 saturated carbocycles. The van der Waals surface area contributed by atoms with E-state index in [2.05, 4.69) is 0 Å². The van der Waals surface area contributed by atoms with E-state index in [9.17, 15) is 9.18 Å². The van der Waals surface area contributed by atoms with Crippen LogP contribution in [-0.2, 0) is 11.2 Å². The Morgan fingerprint density at radius 1 is 1.26 bits per heavy atom. The van der Waals surface area contributed by atoms with E-state index in [-0.39, 0.29) is 17.8 Å². The van der Waals surface area contributed by atoms with Gasteiger partial charge in [-0.05, 0) is 42.4 Å². The number of benzene rings is 1. The van der Waals surface area contributed by atoms with Gasteiger partial charge >= 0.3 is 0 Å². The van der Waals surface area contributed by atoms with Crippen molar-refractivity contribution in [3.63, 3.8) is 0 Å². The number of carbonyl (C=O) groups excluding carboxylic acids is 1. The average Bonchev–Trinajstić information content (AvgIpc) is 2.95. The molecule has 0 aromatic heterocycles. The molecule has 2 N–H and O–H groups in total. The molecule has 2 fully saturated rings. The normalized spacial score (nSPS) is 29.6. The number of halogens is 1. The van der Waals surface area contributed by atoms with Gasteiger partial charge in [0.2, 0.25) is 5.91 Å². The van der Waals surface area contributed by atoms with Crippen molar-refractivity contribution in [1.82, 2.24) is 4.90 Å². The molecule has 102 valence electrons. The van der Waals surface area contributed by atoms with E-state index >= 15 is 0 Å². The molecular formula is C15H19FN2O. The molecule has 3 nitrogen and oxygen atoms in total. The monoisotopic (exact) mass is 262 g/mol. The van der Waals surface area contributed by atoms with Gasteiger partial charge < -0.3 is 10.6 Å². The number of nitrogens with zero attached hydrogens (tertiary/aromatic N) is 1. The second-order valence-electron chi connectivity index (χ2n) is 5.77. The van der Waals surface area contributed by atoms with Crippen LogP contribution in [0.5, 0.6) is 0 Å². The zero-order chi connectivity index (χ0) is 13.4. The predicted octanol–water partition coefficient (Wildman–Crippen LogP) is 1.56. The van der Waals surface area contributed by atoms with Gasteiger partial charge in [-0.2, -0.15) is 0 Å². The number of rotatable bonds is 2. The molecule has 2 aliphatic rings. The minimum absolute atomic E-state index is 0.133. The van der Waals surface area contributed by atoms with Gasteiger partial charge in [-0.3, -0.25) is 4.79 Å². The van der Waals surface area contributed by atoms with Crippen LogP contribution < -0.4 is 5.73 Å². The summed E-state index contributed by atoms with van der Waals surface area (Å²) in [6.45, 7) is 1.64. The van der Waals surface area contributed by atoms with Crippen molar-refractivity contribution in [2.24, 2.45) is 17.6 Å². The molecule has 3 atom stereocenters. The Labute approximate surface area is 112 Å². The predicted molar refractivity (Wildman–Crippen MR) is 70.9 cm³/mol. The maximum atomic E-state index is 12.8. The fourth-order valence-corrected chi connectivity index (χ4v) is 3.40. The minimum Gasteiger partial charge on any atom is -0.342 e. The van der Waals surface area contributed by atoms with Crippen LogP contribution in [0.25, 0.3) is 0 Å². The van der Waals surface area contributed by atoms with E-state index in [1.807, 2.05) is 4.90 Å². The van der Waals surface area contributed by atoms with Crippen molar-refractivity contribution in [1.29, 1.82) is 0 Å². The Hall–Kier alpha value is -1.42. The van der Waals surface area contributed by atoms with Gasteiger partial charge in [0.1, 0.15) is 5.82 Å². The van der Waals surface area contributed by atoms with E-state index in [4.69, 9.17) is 5.73 Å². The van der Waals surface area contributed by atoms with Gasteiger partial charge in [0.15, 0.2) is 0 Å². The van der Waals surface area contributed by atoms with Gasteiger partial charge in [0.05, 0.1) is 6.42 Å². The molecular weight excluding hydrogens is 243 g/mol. The van der Waals surface area contributed by atoms with Crippen LogP contribution in [0.3, 0.4) is 0 Å². The van der Waals surface area contributed by atoms with E-state index < -0.39 is 0 Å². The number of amides is 1.